The highest BCUT2D eigenvalue weighted by Gasteiger charge is 2.37. The molecule has 3 heterocycles. The van der Waals surface area contributed by atoms with Gasteiger partial charge in [0.2, 0.25) is 5.71 Å². The molecule has 0 saturated heterocycles. The zero-order valence-electron chi connectivity index (χ0n) is 25.3. The highest BCUT2D eigenvalue weighted by molar-refractivity contribution is 6.05. The number of hydrogen-bond acceptors (Lipinski definition) is 3. The molecule has 0 N–H and O–H groups in total. The molecule has 49 heavy (non-hydrogen) atoms. The number of benzene rings is 5. The first-order valence-corrected chi connectivity index (χ1v) is 15.2. The summed E-state index contributed by atoms with van der Waals surface area (Å²) in [6, 6.07) is 34.0. The average Bonchev–Trinajstić information content (AvgIpc) is 3.48. The van der Waals surface area contributed by atoms with Crippen LogP contribution in [-0.2, 0) is 12.4 Å². The summed E-state index contributed by atoms with van der Waals surface area (Å²) in [5, 5.41) is 2.89. The van der Waals surface area contributed by atoms with E-state index in [1.807, 2.05) is 48.5 Å². The molecule has 8 aromatic rings. The van der Waals surface area contributed by atoms with E-state index in [1.165, 1.54) is 12.1 Å². The lowest BCUT2D eigenvalue weighted by Gasteiger charge is -2.14. The minimum Gasteiger partial charge on any atom is -0.438 e. The van der Waals surface area contributed by atoms with E-state index >= 15 is 0 Å². The molecule has 0 spiro atoms. The zero-order chi connectivity index (χ0) is 33.9. The van der Waals surface area contributed by atoms with Crippen LogP contribution in [0.3, 0.4) is 0 Å². The second-order valence-electron chi connectivity index (χ2n) is 11.7. The molecule has 0 radical (unpaired) electrons. The Balaban J connectivity index is 1.04. The van der Waals surface area contributed by atoms with Crippen LogP contribution in [0.2, 0.25) is 0 Å². The third-order valence-corrected chi connectivity index (χ3v) is 8.62. The fourth-order valence-electron chi connectivity index (χ4n) is 6.08. The first-order valence-electron chi connectivity index (χ1n) is 15.2. The molecule has 0 atom stereocenters. The van der Waals surface area contributed by atoms with Crippen molar-refractivity contribution in [3.8, 4) is 44.5 Å². The maximum absolute atomic E-state index is 13.4. The number of furan rings is 1. The lowest BCUT2D eigenvalue weighted by atomic mass is 9.96. The van der Waals surface area contributed by atoms with Gasteiger partial charge in [0.15, 0.2) is 0 Å². The van der Waals surface area contributed by atoms with Gasteiger partial charge in [-0.2, -0.15) is 26.3 Å². The van der Waals surface area contributed by atoms with Crippen molar-refractivity contribution in [2.24, 2.45) is 0 Å². The highest BCUT2D eigenvalue weighted by atomic mass is 19.4. The maximum atomic E-state index is 13.4. The van der Waals surface area contributed by atoms with Crippen molar-refractivity contribution in [2.45, 2.75) is 12.4 Å². The van der Waals surface area contributed by atoms with Crippen LogP contribution in [-0.4, -0.2) is 9.97 Å². The summed E-state index contributed by atoms with van der Waals surface area (Å²) in [7, 11) is 0. The van der Waals surface area contributed by atoms with E-state index in [0.717, 1.165) is 72.8 Å². The van der Waals surface area contributed by atoms with Gasteiger partial charge in [0.05, 0.1) is 16.6 Å². The molecule has 3 nitrogen and oxygen atoms in total. The number of hydrogen-bond donors (Lipinski definition) is 0. The lowest BCUT2D eigenvalue weighted by molar-refractivity contribution is -0.143. The fraction of sp³-hybridized carbons (Fsp3) is 0.0500. The summed E-state index contributed by atoms with van der Waals surface area (Å²) in [6.45, 7) is 0. The number of alkyl halides is 6. The lowest BCUT2D eigenvalue weighted by Crippen LogP contribution is -2.11. The zero-order valence-corrected chi connectivity index (χ0v) is 25.3. The van der Waals surface area contributed by atoms with Gasteiger partial charge in [0, 0.05) is 34.1 Å². The van der Waals surface area contributed by atoms with E-state index in [-0.39, 0.29) is 17.2 Å². The summed E-state index contributed by atoms with van der Waals surface area (Å²) in [6.07, 6.45) is -6.32. The summed E-state index contributed by atoms with van der Waals surface area (Å²) in [4.78, 5) is 8.99. The second kappa shape index (κ2) is 11.3. The molecule has 0 saturated carbocycles. The SMILES string of the molecule is FC(F)(F)c1cc(-c2ccc(-c3ccc4cc(-c5ccc(-c6ccc7oc8ncccc8c7c6)cc5)cnc4c3)cc2)cc(C(F)(F)F)c1. The highest BCUT2D eigenvalue weighted by Crippen LogP contribution is 2.39. The van der Waals surface area contributed by atoms with Crippen LogP contribution in [0.4, 0.5) is 26.3 Å². The summed E-state index contributed by atoms with van der Waals surface area (Å²) >= 11 is 0. The molecule has 0 unspecified atom stereocenters. The Hall–Kier alpha value is -5.96. The van der Waals surface area contributed by atoms with E-state index in [2.05, 4.69) is 40.3 Å². The van der Waals surface area contributed by atoms with E-state index in [1.54, 1.807) is 24.5 Å². The van der Waals surface area contributed by atoms with Crippen molar-refractivity contribution < 1.29 is 30.8 Å². The third kappa shape index (κ3) is 5.77. The number of halogens is 6. The number of nitrogens with zero attached hydrogens (tertiary/aromatic N) is 2. The van der Waals surface area contributed by atoms with Gasteiger partial charge < -0.3 is 4.42 Å². The molecule has 0 bridgehead atoms. The summed E-state index contributed by atoms with van der Waals surface area (Å²) in [5.74, 6) is 0. The maximum Gasteiger partial charge on any atom is 0.416 e. The van der Waals surface area contributed by atoms with Gasteiger partial charge in [-0.05, 0) is 93.5 Å². The molecular formula is C40H22F6N2O. The molecule has 9 heteroatoms. The van der Waals surface area contributed by atoms with Crippen LogP contribution in [0.1, 0.15) is 11.1 Å². The van der Waals surface area contributed by atoms with E-state index in [4.69, 9.17) is 4.42 Å². The molecule has 0 aliphatic rings. The first kappa shape index (κ1) is 30.4. The Morgan fingerprint density at radius 2 is 1.00 bits per heavy atom. The molecule has 0 amide bonds. The molecule has 8 rings (SSSR count). The standard InChI is InChI=1S/C40H22F6N2O/c41-39(42,43)32-17-30(18-33(21-32)40(44,45)46)25-7-3-24(4-8-25)28-11-12-29-16-31(22-48-36(29)20-28)26-9-5-23(6-10-26)27-13-14-37-35(19-27)34-2-1-15-47-38(34)49-37/h1-22H. The van der Waals surface area contributed by atoms with Crippen LogP contribution in [0.15, 0.2) is 138 Å². The Morgan fingerprint density at radius 1 is 0.449 bits per heavy atom. The Labute approximate surface area is 275 Å². The van der Waals surface area contributed by atoms with Crippen LogP contribution in [0, 0.1) is 0 Å². The van der Waals surface area contributed by atoms with Crippen LogP contribution in [0.5, 0.6) is 0 Å². The van der Waals surface area contributed by atoms with Gasteiger partial charge in [-0.25, -0.2) is 4.98 Å². The summed E-state index contributed by atoms with van der Waals surface area (Å²) in [5.41, 5.74) is 5.12. The number of fused-ring (bicyclic) bond motifs is 4. The van der Waals surface area contributed by atoms with Crippen LogP contribution >= 0.6 is 0 Å². The van der Waals surface area contributed by atoms with Crippen molar-refractivity contribution in [3.05, 3.63) is 145 Å². The van der Waals surface area contributed by atoms with Crippen molar-refractivity contribution in [3.63, 3.8) is 0 Å². The van der Waals surface area contributed by atoms with E-state index in [9.17, 15) is 26.3 Å². The fourth-order valence-corrected chi connectivity index (χ4v) is 6.08. The molecule has 5 aromatic carbocycles. The van der Waals surface area contributed by atoms with Crippen LogP contribution in [0.25, 0.3) is 77.5 Å². The van der Waals surface area contributed by atoms with Crippen molar-refractivity contribution >= 4 is 33.0 Å². The minimum absolute atomic E-state index is 0.128. The van der Waals surface area contributed by atoms with Gasteiger partial charge in [0.1, 0.15) is 5.58 Å². The van der Waals surface area contributed by atoms with E-state index < -0.39 is 23.5 Å². The third-order valence-electron chi connectivity index (χ3n) is 8.62. The molecule has 3 aromatic heterocycles. The van der Waals surface area contributed by atoms with E-state index in [0.29, 0.717) is 5.71 Å². The first-order chi connectivity index (χ1) is 23.5. The smallest absolute Gasteiger partial charge is 0.416 e. The minimum atomic E-state index is -4.91. The Bertz CT molecular complexity index is 2480. The van der Waals surface area contributed by atoms with Gasteiger partial charge in [-0.3, -0.25) is 4.98 Å². The Morgan fingerprint density at radius 3 is 1.63 bits per heavy atom. The topological polar surface area (TPSA) is 38.9 Å². The van der Waals surface area contributed by atoms with Crippen LogP contribution < -0.4 is 0 Å². The predicted octanol–water partition coefficient (Wildman–Crippen LogP) is 12.2. The van der Waals surface area contributed by atoms with Crippen molar-refractivity contribution in [1.82, 2.24) is 9.97 Å². The van der Waals surface area contributed by atoms with Gasteiger partial charge in [-0.15, -0.1) is 0 Å². The molecule has 0 aliphatic heterocycles. The number of pyridine rings is 2. The predicted molar refractivity (Wildman–Crippen MR) is 179 cm³/mol. The average molecular weight is 661 g/mol. The Kier molecular flexibility index (Phi) is 7.03. The second-order valence-corrected chi connectivity index (χ2v) is 11.7. The van der Waals surface area contributed by atoms with Gasteiger partial charge in [0.25, 0.3) is 0 Å². The quantitative estimate of drug-likeness (QED) is 0.176. The number of rotatable bonds is 4. The van der Waals surface area contributed by atoms with Gasteiger partial charge >= 0.3 is 12.4 Å². The molecule has 0 aliphatic carbocycles. The molecular weight excluding hydrogens is 638 g/mol. The van der Waals surface area contributed by atoms with Gasteiger partial charge in [-0.1, -0.05) is 66.7 Å². The van der Waals surface area contributed by atoms with Crippen molar-refractivity contribution in [2.75, 3.05) is 0 Å². The normalized spacial score (nSPS) is 12.3. The monoisotopic (exact) mass is 660 g/mol. The molecule has 0 fully saturated rings. The summed E-state index contributed by atoms with van der Waals surface area (Å²) < 4.78 is 86.0. The number of aromatic nitrogens is 2. The molecule has 240 valence electrons. The van der Waals surface area contributed by atoms with Crippen molar-refractivity contribution in [1.29, 1.82) is 0 Å². The largest absolute Gasteiger partial charge is 0.438 e.